The second-order valence-electron chi connectivity index (χ2n) is 8.23. The summed E-state index contributed by atoms with van der Waals surface area (Å²) in [5.74, 6) is -0.694. The van der Waals surface area contributed by atoms with Gasteiger partial charge in [-0.25, -0.2) is 15.5 Å². The Bertz CT molecular complexity index is 745. The van der Waals surface area contributed by atoms with Crippen molar-refractivity contribution in [1.29, 1.82) is 0 Å². The maximum atomic E-state index is 13.4. The third-order valence-corrected chi connectivity index (χ3v) is 7.01. The van der Waals surface area contributed by atoms with Gasteiger partial charge in [-0.05, 0) is 39.0 Å². The van der Waals surface area contributed by atoms with Gasteiger partial charge in [-0.1, -0.05) is 25.7 Å². The second-order valence-corrected chi connectivity index (χ2v) is 9.44. The molecule has 2 heterocycles. The highest BCUT2D eigenvalue weighted by molar-refractivity contribution is 7.15. The second kappa shape index (κ2) is 10.3. The van der Waals surface area contributed by atoms with Gasteiger partial charge in [-0.15, -0.1) is 11.3 Å². The number of aryl methyl sites for hydroxylation is 2. The molecule has 1 saturated carbocycles. The molecule has 1 saturated heterocycles. The molecule has 2 fully saturated rings. The number of anilines is 1. The molecular formula is C20H31N5O4S. The monoisotopic (exact) mass is 437 g/mol. The number of nitrogens with zero attached hydrogens (tertiary/aromatic N) is 3. The number of amides is 3. The Morgan fingerprint density at radius 3 is 2.70 bits per heavy atom. The zero-order valence-corrected chi connectivity index (χ0v) is 18.4. The number of hydrogen-bond acceptors (Lipinski definition) is 7. The van der Waals surface area contributed by atoms with Crippen LogP contribution in [0.25, 0.3) is 0 Å². The fourth-order valence-electron chi connectivity index (χ4n) is 4.30. The minimum atomic E-state index is -0.662. The predicted octanol–water partition coefficient (Wildman–Crippen LogP) is 2.24. The Balaban J connectivity index is 1.72. The van der Waals surface area contributed by atoms with Gasteiger partial charge in [0.1, 0.15) is 6.04 Å². The van der Waals surface area contributed by atoms with Crippen LogP contribution < -0.4 is 10.7 Å². The molecule has 2 atom stereocenters. The van der Waals surface area contributed by atoms with Gasteiger partial charge in [0.2, 0.25) is 12.3 Å². The van der Waals surface area contributed by atoms with Crippen LogP contribution in [0.3, 0.4) is 0 Å². The third kappa shape index (κ3) is 5.55. The number of carbonyl (C=O) groups excluding carboxylic acids is 3. The molecule has 3 amide bonds. The molecule has 3 N–H and O–H groups in total. The van der Waals surface area contributed by atoms with Crippen LogP contribution in [-0.4, -0.2) is 57.6 Å². The predicted molar refractivity (Wildman–Crippen MR) is 113 cm³/mol. The van der Waals surface area contributed by atoms with Crippen molar-refractivity contribution in [2.45, 2.75) is 64.8 Å². The highest BCUT2D eigenvalue weighted by Crippen LogP contribution is 2.32. The van der Waals surface area contributed by atoms with Gasteiger partial charge in [-0.2, -0.15) is 0 Å². The molecule has 1 aromatic heterocycles. The molecule has 1 aliphatic carbocycles. The summed E-state index contributed by atoms with van der Waals surface area (Å²) in [4.78, 5) is 42.7. The number of carbonyl (C=O) groups is 3. The molecule has 9 nitrogen and oxygen atoms in total. The van der Waals surface area contributed by atoms with E-state index in [0.717, 1.165) is 42.7 Å². The average Bonchev–Trinajstić information content (AvgIpc) is 3.36. The molecule has 0 spiro atoms. The molecule has 0 radical (unpaired) electrons. The summed E-state index contributed by atoms with van der Waals surface area (Å²) >= 11 is 1.41. The number of nitrogens with one attached hydrogen (secondary N) is 2. The molecule has 3 rings (SSSR count). The first-order chi connectivity index (χ1) is 14.4. The van der Waals surface area contributed by atoms with Crippen molar-refractivity contribution in [3.63, 3.8) is 0 Å². The molecule has 0 bridgehead atoms. The third-order valence-electron chi connectivity index (χ3n) is 6.02. The van der Waals surface area contributed by atoms with E-state index >= 15 is 0 Å². The standard InChI is InChI=1S/C20H31N5O4S/c1-13-14(2)30-20(22-13)23-18(27)17-8-5-9-21-25(17)19(28)16(11-24(29)12-26)10-15-6-3-4-7-15/h12,15-17,21,29H,3-11H2,1-2H3,(H,22,23,27)/t16-,17+/m1/s1. The van der Waals surface area contributed by atoms with E-state index in [4.69, 9.17) is 0 Å². The molecule has 1 aliphatic heterocycles. The first-order valence-electron chi connectivity index (χ1n) is 10.6. The average molecular weight is 438 g/mol. The van der Waals surface area contributed by atoms with Crippen molar-refractivity contribution in [2.24, 2.45) is 11.8 Å². The number of aromatic nitrogens is 1. The van der Waals surface area contributed by atoms with Crippen LogP contribution >= 0.6 is 11.3 Å². The highest BCUT2D eigenvalue weighted by atomic mass is 32.1. The van der Waals surface area contributed by atoms with Crippen LogP contribution in [0.2, 0.25) is 0 Å². The van der Waals surface area contributed by atoms with Gasteiger partial charge >= 0.3 is 0 Å². The molecule has 10 heteroatoms. The zero-order chi connectivity index (χ0) is 21.7. The van der Waals surface area contributed by atoms with Crippen LogP contribution in [-0.2, 0) is 14.4 Å². The summed E-state index contributed by atoms with van der Waals surface area (Å²) in [5, 5.41) is 15.0. The van der Waals surface area contributed by atoms with Crippen molar-refractivity contribution >= 4 is 34.7 Å². The van der Waals surface area contributed by atoms with E-state index in [0.29, 0.717) is 41.9 Å². The largest absolute Gasteiger partial charge is 0.300 e. The van der Waals surface area contributed by atoms with Crippen LogP contribution in [0.1, 0.15) is 55.5 Å². The molecule has 0 unspecified atom stereocenters. The minimum absolute atomic E-state index is 0.0732. The lowest BCUT2D eigenvalue weighted by atomic mass is 9.91. The van der Waals surface area contributed by atoms with Gasteiger partial charge in [-0.3, -0.25) is 24.6 Å². The Morgan fingerprint density at radius 1 is 1.33 bits per heavy atom. The van der Waals surface area contributed by atoms with Crippen LogP contribution in [0.5, 0.6) is 0 Å². The number of rotatable bonds is 8. The van der Waals surface area contributed by atoms with Crippen molar-refractivity contribution in [1.82, 2.24) is 20.5 Å². The highest BCUT2D eigenvalue weighted by Gasteiger charge is 2.37. The molecule has 30 heavy (non-hydrogen) atoms. The van der Waals surface area contributed by atoms with Crippen LogP contribution in [0.4, 0.5) is 5.13 Å². The van der Waals surface area contributed by atoms with Crippen molar-refractivity contribution in [3.8, 4) is 0 Å². The molecule has 166 valence electrons. The SMILES string of the molecule is Cc1nc(NC(=O)[C@@H]2CCCNN2C(=O)[C@H](CC2CCCC2)CN(O)C=O)sc1C. The molecule has 1 aromatic rings. The lowest BCUT2D eigenvalue weighted by Gasteiger charge is -2.37. The van der Waals surface area contributed by atoms with E-state index in [1.807, 2.05) is 13.8 Å². The Kier molecular flexibility index (Phi) is 7.79. The van der Waals surface area contributed by atoms with Crippen molar-refractivity contribution in [2.75, 3.05) is 18.4 Å². The Labute approximate surface area is 180 Å². The maximum Gasteiger partial charge on any atom is 0.250 e. The lowest BCUT2D eigenvalue weighted by molar-refractivity contribution is -0.161. The summed E-state index contributed by atoms with van der Waals surface area (Å²) in [5.41, 5.74) is 3.94. The molecule has 0 aromatic carbocycles. The van der Waals surface area contributed by atoms with E-state index in [2.05, 4.69) is 15.7 Å². The molecule has 2 aliphatic rings. The first-order valence-corrected chi connectivity index (χ1v) is 11.4. The van der Waals surface area contributed by atoms with E-state index in [9.17, 15) is 19.6 Å². The molecular weight excluding hydrogens is 406 g/mol. The van der Waals surface area contributed by atoms with E-state index in [1.165, 1.54) is 16.3 Å². The summed E-state index contributed by atoms with van der Waals surface area (Å²) in [6.45, 7) is 4.36. The fourth-order valence-corrected chi connectivity index (χ4v) is 5.11. The van der Waals surface area contributed by atoms with Crippen molar-refractivity contribution in [3.05, 3.63) is 10.6 Å². The number of hydroxylamine groups is 2. The first kappa shape index (κ1) is 22.6. The van der Waals surface area contributed by atoms with Crippen LogP contribution in [0, 0.1) is 25.7 Å². The van der Waals surface area contributed by atoms with Gasteiger partial charge in [0.15, 0.2) is 5.13 Å². The maximum absolute atomic E-state index is 13.4. The quantitative estimate of drug-likeness (QED) is 0.326. The number of hydrazine groups is 1. The van der Waals surface area contributed by atoms with Gasteiger partial charge in [0.25, 0.3) is 5.91 Å². The van der Waals surface area contributed by atoms with E-state index in [1.54, 1.807) is 0 Å². The zero-order valence-electron chi connectivity index (χ0n) is 17.6. The number of thiazole rings is 1. The smallest absolute Gasteiger partial charge is 0.250 e. The number of hydrogen-bond donors (Lipinski definition) is 3. The Hall–Kier alpha value is -2.04. The summed E-state index contributed by atoms with van der Waals surface area (Å²) in [6, 6.07) is -0.662. The minimum Gasteiger partial charge on any atom is -0.300 e. The normalized spacial score (nSPS) is 20.8. The fraction of sp³-hybridized carbons (Fsp3) is 0.700. The van der Waals surface area contributed by atoms with E-state index in [-0.39, 0.29) is 18.4 Å². The van der Waals surface area contributed by atoms with Gasteiger partial charge in [0.05, 0.1) is 18.2 Å². The summed E-state index contributed by atoms with van der Waals surface area (Å²) in [7, 11) is 0. The Morgan fingerprint density at radius 2 is 2.07 bits per heavy atom. The lowest BCUT2D eigenvalue weighted by Crippen LogP contribution is -2.59. The summed E-state index contributed by atoms with van der Waals surface area (Å²) < 4.78 is 0. The van der Waals surface area contributed by atoms with Crippen LogP contribution in [0.15, 0.2) is 0 Å². The van der Waals surface area contributed by atoms with Gasteiger partial charge in [0, 0.05) is 11.4 Å². The van der Waals surface area contributed by atoms with E-state index < -0.39 is 12.0 Å². The topological polar surface area (TPSA) is 115 Å². The summed E-state index contributed by atoms with van der Waals surface area (Å²) in [6.07, 6.45) is 6.61. The van der Waals surface area contributed by atoms with Gasteiger partial charge < -0.3 is 5.32 Å². The van der Waals surface area contributed by atoms with Crippen molar-refractivity contribution < 1.29 is 19.6 Å².